The summed E-state index contributed by atoms with van der Waals surface area (Å²) in [5.41, 5.74) is 5.49. The van der Waals surface area contributed by atoms with Gasteiger partial charge in [-0.05, 0) is 19.4 Å². The lowest BCUT2D eigenvalue weighted by molar-refractivity contribution is -0.139. The molecule has 1 aliphatic heterocycles. The molecule has 0 spiro atoms. The summed E-state index contributed by atoms with van der Waals surface area (Å²) in [6.45, 7) is 6.63. The summed E-state index contributed by atoms with van der Waals surface area (Å²) in [4.78, 5) is 13.7. The molecule has 0 aromatic heterocycles. The third-order valence-electron chi connectivity index (χ3n) is 2.61. The number of hydrogen-bond donors (Lipinski definition) is 1. The van der Waals surface area contributed by atoms with E-state index in [0.717, 1.165) is 6.54 Å². The maximum atomic E-state index is 11.8. The van der Waals surface area contributed by atoms with E-state index in [4.69, 9.17) is 10.5 Å². The van der Waals surface area contributed by atoms with E-state index < -0.39 is 0 Å². The lowest BCUT2D eigenvalue weighted by Crippen LogP contribution is -2.47. The number of nitrogens with zero attached hydrogens (tertiary/aromatic N) is 1. The van der Waals surface area contributed by atoms with E-state index in [-0.39, 0.29) is 17.9 Å². The van der Waals surface area contributed by atoms with Crippen molar-refractivity contribution in [1.29, 1.82) is 0 Å². The summed E-state index contributed by atoms with van der Waals surface area (Å²) in [5, 5.41) is 0. The van der Waals surface area contributed by atoms with Crippen LogP contribution in [0, 0.1) is 5.92 Å². The predicted octanol–water partition coefficient (Wildman–Crippen LogP) is 0.219. The Labute approximate surface area is 85.4 Å². The Morgan fingerprint density at radius 3 is 3.00 bits per heavy atom. The summed E-state index contributed by atoms with van der Waals surface area (Å²) in [5.74, 6) is 0.483. The van der Waals surface area contributed by atoms with Crippen LogP contribution < -0.4 is 5.73 Å². The van der Waals surface area contributed by atoms with Crippen LogP contribution >= 0.6 is 0 Å². The molecule has 2 unspecified atom stereocenters. The van der Waals surface area contributed by atoms with Gasteiger partial charge in [0.25, 0.3) is 0 Å². The van der Waals surface area contributed by atoms with Crippen LogP contribution in [0.1, 0.15) is 20.3 Å². The van der Waals surface area contributed by atoms with Crippen molar-refractivity contribution in [3.05, 3.63) is 0 Å². The van der Waals surface area contributed by atoms with E-state index in [1.165, 1.54) is 0 Å². The lowest BCUT2D eigenvalue weighted by Gasteiger charge is -2.34. The molecule has 1 rings (SSSR count). The minimum atomic E-state index is 0.207. The van der Waals surface area contributed by atoms with Crippen LogP contribution in [0.15, 0.2) is 0 Å². The molecule has 82 valence electrons. The van der Waals surface area contributed by atoms with Crippen LogP contribution in [0.2, 0.25) is 0 Å². The molecular formula is C10H20N2O2. The smallest absolute Gasteiger partial charge is 0.223 e. The summed E-state index contributed by atoms with van der Waals surface area (Å²) in [6, 6.07) is 0.209. The second-order valence-corrected chi connectivity index (χ2v) is 4.06. The van der Waals surface area contributed by atoms with Crippen molar-refractivity contribution in [1.82, 2.24) is 4.90 Å². The van der Waals surface area contributed by atoms with Crippen molar-refractivity contribution in [3.8, 4) is 0 Å². The van der Waals surface area contributed by atoms with Crippen LogP contribution in [0.4, 0.5) is 0 Å². The first-order valence-corrected chi connectivity index (χ1v) is 5.22. The highest BCUT2D eigenvalue weighted by Crippen LogP contribution is 2.11. The Morgan fingerprint density at radius 1 is 1.71 bits per heavy atom. The van der Waals surface area contributed by atoms with Crippen molar-refractivity contribution in [2.75, 3.05) is 26.3 Å². The SMILES string of the molecule is CC(CN)CC(=O)N1CCOCC1C. The van der Waals surface area contributed by atoms with E-state index >= 15 is 0 Å². The molecule has 14 heavy (non-hydrogen) atoms. The molecule has 1 heterocycles. The van der Waals surface area contributed by atoms with Crippen molar-refractivity contribution in [2.45, 2.75) is 26.3 Å². The molecule has 2 atom stereocenters. The normalized spacial score (nSPS) is 24.8. The molecule has 0 radical (unpaired) electrons. The number of carbonyl (C=O) groups is 1. The van der Waals surface area contributed by atoms with Crippen LogP contribution in [0.3, 0.4) is 0 Å². The Hall–Kier alpha value is -0.610. The molecule has 1 amide bonds. The Kier molecular flexibility index (Phi) is 4.35. The number of carbonyl (C=O) groups excluding carboxylic acids is 1. The first kappa shape index (κ1) is 11.5. The number of nitrogens with two attached hydrogens (primary N) is 1. The van der Waals surface area contributed by atoms with Crippen molar-refractivity contribution >= 4 is 5.91 Å². The topological polar surface area (TPSA) is 55.6 Å². The van der Waals surface area contributed by atoms with Gasteiger partial charge < -0.3 is 15.4 Å². The van der Waals surface area contributed by atoms with Crippen LogP contribution in [-0.4, -0.2) is 43.2 Å². The van der Waals surface area contributed by atoms with Crippen molar-refractivity contribution in [2.24, 2.45) is 11.7 Å². The molecule has 4 nitrogen and oxygen atoms in total. The van der Waals surface area contributed by atoms with Crippen molar-refractivity contribution in [3.63, 3.8) is 0 Å². The zero-order valence-electron chi connectivity index (χ0n) is 9.03. The highest BCUT2D eigenvalue weighted by Gasteiger charge is 2.24. The van der Waals surface area contributed by atoms with E-state index in [0.29, 0.717) is 26.2 Å². The van der Waals surface area contributed by atoms with Gasteiger partial charge in [-0.3, -0.25) is 4.79 Å². The van der Waals surface area contributed by atoms with Gasteiger partial charge in [0.1, 0.15) is 0 Å². The molecule has 2 N–H and O–H groups in total. The fraction of sp³-hybridized carbons (Fsp3) is 0.900. The monoisotopic (exact) mass is 200 g/mol. The number of amides is 1. The zero-order chi connectivity index (χ0) is 10.6. The second kappa shape index (κ2) is 5.32. The minimum Gasteiger partial charge on any atom is -0.377 e. The Balaban J connectivity index is 2.42. The first-order valence-electron chi connectivity index (χ1n) is 5.22. The average Bonchev–Trinajstić information content (AvgIpc) is 2.18. The summed E-state index contributed by atoms with van der Waals surface area (Å²) in [7, 11) is 0. The number of rotatable bonds is 3. The molecule has 1 fully saturated rings. The zero-order valence-corrected chi connectivity index (χ0v) is 9.03. The van der Waals surface area contributed by atoms with Gasteiger partial charge in [-0.2, -0.15) is 0 Å². The van der Waals surface area contributed by atoms with Gasteiger partial charge in [0, 0.05) is 13.0 Å². The summed E-state index contributed by atoms with van der Waals surface area (Å²) in [6.07, 6.45) is 0.556. The quantitative estimate of drug-likeness (QED) is 0.709. The van der Waals surface area contributed by atoms with Crippen LogP contribution in [0.5, 0.6) is 0 Å². The largest absolute Gasteiger partial charge is 0.377 e. The third kappa shape index (κ3) is 2.96. The third-order valence-corrected chi connectivity index (χ3v) is 2.61. The van der Waals surface area contributed by atoms with Gasteiger partial charge in [0.2, 0.25) is 5.91 Å². The predicted molar refractivity (Wildman–Crippen MR) is 54.8 cm³/mol. The highest BCUT2D eigenvalue weighted by atomic mass is 16.5. The van der Waals surface area contributed by atoms with Gasteiger partial charge in [0.05, 0.1) is 19.3 Å². The maximum Gasteiger partial charge on any atom is 0.223 e. The van der Waals surface area contributed by atoms with E-state index in [2.05, 4.69) is 0 Å². The average molecular weight is 200 g/mol. The van der Waals surface area contributed by atoms with Crippen LogP contribution in [0.25, 0.3) is 0 Å². The van der Waals surface area contributed by atoms with E-state index in [1.807, 2.05) is 18.7 Å². The van der Waals surface area contributed by atoms with Gasteiger partial charge in [0.15, 0.2) is 0 Å². The van der Waals surface area contributed by atoms with Gasteiger partial charge in [-0.25, -0.2) is 0 Å². The standard InChI is InChI=1S/C10H20N2O2/c1-8(6-11)5-10(13)12-3-4-14-7-9(12)2/h8-9H,3-7,11H2,1-2H3. The highest BCUT2D eigenvalue weighted by molar-refractivity contribution is 5.76. The molecule has 1 aliphatic rings. The molecule has 0 aliphatic carbocycles. The molecule has 0 bridgehead atoms. The van der Waals surface area contributed by atoms with Gasteiger partial charge in [-0.15, -0.1) is 0 Å². The maximum absolute atomic E-state index is 11.8. The summed E-state index contributed by atoms with van der Waals surface area (Å²) >= 11 is 0. The van der Waals surface area contributed by atoms with Gasteiger partial charge >= 0.3 is 0 Å². The Morgan fingerprint density at radius 2 is 2.43 bits per heavy atom. The number of ether oxygens (including phenoxy) is 1. The van der Waals surface area contributed by atoms with Crippen LogP contribution in [-0.2, 0) is 9.53 Å². The lowest BCUT2D eigenvalue weighted by atomic mass is 10.1. The molecule has 1 saturated heterocycles. The molecule has 4 heteroatoms. The van der Waals surface area contributed by atoms with Gasteiger partial charge in [-0.1, -0.05) is 6.92 Å². The fourth-order valence-corrected chi connectivity index (χ4v) is 1.60. The molecular weight excluding hydrogens is 180 g/mol. The minimum absolute atomic E-state index is 0.207. The molecule has 0 aromatic carbocycles. The molecule has 0 saturated carbocycles. The summed E-state index contributed by atoms with van der Waals surface area (Å²) < 4.78 is 5.27. The van der Waals surface area contributed by atoms with Crippen molar-refractivity contribution < 1.29 is 9.53 Å². The fourth-order valence-electron chi connectivity index (χ4n) is 1.60. The second-order valence-electron chi connectivity index (χ2n) is 4.06. The van der Waals surface area contributed by atoms with E-state index in [1.54, 1.807) is 0 Å². The number of hydrogen-bond acceptors (Lipinski definition) is 3. The number of morpholine rings is 1. The molecule has 0 aromatic rings. The Bertz CT molecular complexity index is 197. The van der Waals surface area contributed by atoms with E-state index in [9.17, 15) is 4.79 Å². The first-order chi connectivity index (χ1) is 6.65.